The first-order valence-electron chi connectivity index (χ1n) is 7.32. The van der Waals surface area contributed by atoms with Crippen molar-refractivity contribution < 1.29 is 4.79 Å². The number of primary amides is 1. The summed E-state index contributed by atoms with van der Waals surface area (Å²) in [6, 6.07) is 17.6. The second-order valence-electron chi connectivity index (χ2n) is 5.37. The van der Waals surface area contributed by atoms with Gasteiger partial charge in [-0.15, -0.1) is 0 Å². The van der Waals surface area contributed by atoms with Gasteiger partial charge in [-0.25, -0.2) is 0 Å². The van der Waals surface area contributed by atoms with Crippen LogP contribution >= 0.6 is 15.9 Å². The molecule has 0 saturated carbocycles. The van der Waals surface area contributed by atoms with Gasteiger partial charge in [-0.3, -0.25) is 4.79 Å². The Morgan fingerprint density at radius 1 is 1.21 bits per heavy atom. The van der Waals surface area contributed by atoms with Gasteiger partial charge >= 0.3 is 0 Å². The number of fused-ring (bicyclic) bond motifs is 1. The number of nitrogens with zero attached hydrogens (tertiary/aromatic N) is 2. The number of carbonyl (C=O) groups is 1. The molecule has 0 radical (unpaired) electrons. The summed E-state index contributed by atoms with van der Waals surface area (Å²) in [5.74, 6) is -0.403. The van der Waals surface area contributed by atoms with Gasteiger partial charge in [-0.05, 0) is 29.8 Å². The van der Waals surface area contributed by atoms with Gasteiger partial charge < -0.3 is 10.3 Å². The lowest BCUT2D eigenvalue weighted by atomic mass is 10.0. The standard InChI is InChI=1S/C19H14BrN3O/c20-16-7-5-13(6-8-16)14(10-21)9-15-11-23(12-19(22)24)18-4-2-1-3-17(15)18/h1-9,11H,12H2,(H2,22,24). The molecule has 2 aromatic carbocycles. The fraction of sp³-hybridized carbons (Fsp3) is 0.0526. The molecule has 0 spiro atoms. The molecule has 0 bridgehead atoms. The number of nitrogens with two attached hydrogens (primary N) is 1. The van der Waals surface area contributed by atoms with Gasteiger partial charge in [0, 0.05) is 27.1 Å². The zero-order chi connectivity index (χ0) is 17.1. The van der Waals surface area contributed by atoms with Crippen LogP contribution < -0.4 is 5.73 Å². The highest BCUT2D eigenvalue weighted by Gasteiger charge is 2.10. The van der Waals surface area contributed by atoms with E-state index in [0.717, 1.165) is 26.5 Å². The highest BCUT2D eigenvalue weighted by Crippen LogP contribution is 2.26. The van der Waals surface area contributed by atoms with Crippen molar-refractivity contribution in [2.24, 2.45) is 5.73 Å². The normalized spacial score (nSPS) is 11.4. The van der Waals surface area contributed by atoms with E-state index in [1.54, 1.807) is 4.57 Å². The Hall–Kier alpha value is -2.84. The number of carbonyl (C=O) groups excluding carboxylic acids is 1. The number of para-hydroxylation sites is 1. The Morgan fingerprint density at radius 3 is 2.58 bits per heavy atom. The van der Waals surface area contributed by atoms with E-state index in [-0.39, 0.29) is 6.54 Å². The van der Waals surface area contributed by atoms with Crippen molar-refractivity contribution in [3.05, 3.63) is 70.3 Å². The number of hydrogen-bond donors (Lipinski definition) is 1. The first-order valence-corrected chi connectivity index (χ1v) is 8.11. The fourth-order valence-electron chi connectivity index (χ4n) is 2.65. The van der Waals surface area contributed by atoms with Gasteiger partial charge in [-0.2, -0.15) is 5.26 Å². The summed E-state index contributed by atoms with van der Waals surface area (Å²) in [7, 11) is 0. The quantitative estimate of drug-likeness (QED) is 0.696. The van der Waals surface area contributed by atoms with E-state index in [2.05, 4.69) is 22.0 Å². The number of nitriles is 1. The molecule has 2 N–H and O–H groups in total. The molecule has 4 nitrogen and oxygen atoms in total. The molecule has 1 heterocycles. The van der Waals surface area contributed by atoms with E-state index in [1.807, 2.05) is 60.8 Å². The van der Waals surface area contributed by atoms with Crippen LogP contribution in [-0.2, 0) is 11.3 Å². The lowest BCUT2D eigenvalue weighted by Gasteiger charge is -2.00. The van der Waals surface area contributed by atoms with Crippen LogP contribution in [-0.4, -0.2) is 10.5 Å². The molecule has 5 heteroatoms. The van der Waals surface area contributed by atoms with Crippen LogP contribution in [0.4, 0.5) is 0 Å². The highest BCUT2D eigenvalue weighted by atomic mass is 79.9. The summed E-state index contributed by atoms with van der Waals surface area (Å²) in [6.07, 6.45) is 3.69. The van der Waals surface area contributed by atoms with Gasteiger partial charge in [0.25, 0.3) is 0 Å². The summed E-state index contributed by atoms with van der Waals surface area (Å²) < 4.78 is 2.77. The van der Waals surface area contributed by atoms with E-state index >= 15 is 0 Å². The fourth-order valence-corrected chi connectivity index (χ4v) is 2.92. The Labute approximate surface area is 147 Å². The van der Waals surface area contributed by atoms with E-state index in [0.29, 0.717) is 5.57 Å². The van der Waals surface area contributed by atoms with Crippen LogP contribution in [0.15, 0.2) is 59.2 Å². The minimum Gasteiger partial charge on any atom is -0.368 e. The Balaban J connectivity index is 2.13. The average molecular weight is 380 g/mol. The maximum absolute atomic E-state index is 11.3. The van der Waals surface area contributed by atoms with Crippen molar-refractivity contribution in [2.75, 3.05) is 0 Å². The smallest absolute Gasteiger partial charge is 0.237 e. The second-order valence-corrected chi connectivity index (χ2v) is 6.29. The molecule has 0 aliphatic heterocycles. The molecular weight excluding hydrogens is 366 g/mol. The maximum Gasteiger partial charge on any atom is 0.237 e. The molecule has 3 aromatic rings. The zero-order valence-electron chi connectivity index (χ0n) is 12.7. The third-order valence-electron chi connectivity index (χ3n) is 3.72. The van der Waals surface area contributed by atoms with Crippen molar-refractivity contribution in [1.29, 1.82) is 5.26 Å². The largest absolute Gasteiger partial charge is 0.368 e. The number of aromatic nitrogens is 1. The van der Waals surface area contributed by atoms with Crippen LogP contribution in [0.1, 0.15) is 11.1 Å². The van der Waals surface area contributed by atoms with Gasteiger partial charge in [0.1, 0.15) is 6.54 Å². The molecule has 118 valence electrons. The third kappa shape index (κ3) is 3.24. The summed E-state index contributed by atoms with van der Waals surface area (Å²) >= 11 is 3.39. The van der Waals surface area contributed by atoms with Crippen LogP contribution in [0.2, 0.25) is 0 Å². The number of benzene rings is 2. The summed E-state index contributed by atoms with van der Waals surface area (Å²) in [4.78, 5) is 11.3. The molecule has 0 fully saturated rings. The van der Waals surface area contributed by atoms with Crippen LogP contribution in [0.3, 0.4) is 0 Å². The number of allylic oxidation sites excluding steroid dienone is 1. The predicted molar refractivity (Wildman–Crippen MR) is 98.8 cm³/mol. The van der Waals surface area contributed by atoms with Crippen molar-refractivity contribution >= 4 is 44.4 Å². The van der Waals surface area contributed by atoms with E-state index in [9.17, 15) is 10.1 Å². The minimum atomic E-state index is -0.403. The number of hydrogen-bond acceptors (Lipinski definition) is 2. The van der Waals surface area contributed by atoms with Crippen molar-refractivity contribution in [3.8, 4) is 6.07 Å². The molecular formula is C19H14BrN3O. The van der Waals surface area contributed by atoms with Gasteiger partial charge in [0.15, 0.2) is 0 Å². The maximum atomic E-state index is 11.3. The van der Waals surface area contributed by atoms with Crippen molar-refractivity contribution in [2.45, 2.75) is 6.54 Å². The zero-order valence-corrected chi connectivity index (χ0v) is 14.3. The predicted octanol–water partition coefficient (Wildman–Crippen LogP) is 3.95. The highest BCUT2D eigenvalue weighted by molar-refractivity contribution is 9.10. The lowest BCUT2D eigenvalue weighted by molar-refractivity contribution is -0.118. The topological polar surface area (TPSA) is 71.8 Å². The van der Waals surface area contributed by atoms with E-state index in [4.69, 9.17) is 5.73 Å². The Kier molecular flexibility index (Phi) is 4.50. The molecule has 24 heavy (non-hydrogen) atoms. The summed E-state index contributed by atoms with van der Waals surface area (Å²) in [5.41, 5.74) is 8.52. The SMILES string of the molecule is N#CC(=Cc1cn(CC(N)=O)c2ccccc12)c1ccc(Br)cc1. The average Bonchev–Trinajstić information content (AvgIpc) is 2.91. The van der Waals surface area contributed by atoms with Gasteiger partial charge in [0.05, 0.1) is 11.6 Å². The first kappa shape index (κ1) is 16.0. The summed E-state index contributed by atoms with van der Waals surface area (Å²) in [6.45, 7) is 0.106. The molecule has 0 aliphatic carbocycles. The molecule has 1 aromatic heterocycles. The lowest BCUT2D eigenvalue weighted by Crippen LogP contribution is -2.17. The molecule has 0 saturated heterocycles. The Bertz CT molecular complexity index is 978. The van der Waals surface area contributed by atoms with Crippen molar-refractivity contribution in [3.63, 3.8) is 0 Å². The number of rotatable bonds is 4. The van der Waals surface area contributed by atoms with Crippen LogP contribution in [0.25, 0.3) is 22.6 Å². The third-order valence-corrected chi connectivity index (χ3v) is 4.25. The molecule has 0 aliphatic rings. The monoisotopic (exact) mass is 379 g/mol. The van der Waals surface area contributed by atoms with Crippen molar-refractivity contribution in [1.82, 2.24) is 4.57 Å². The Morgan fingerprint density at radius 2 is 1.92 bits per heavy atom. The number of amides is 1. The van der Waals surface area contributed by atoms with Crippen LogP contribution in [0, 0.1) is 11.3 Å². The minimum absolute atomic E-state index is 0.106. The van der Waals surface area contributed by atoms with E-state index < -0.39 is 5.91 Å². The molecule has 0 unspecified atom stereocenters. The van der Waals surface area contributed by atoms with Crippen LogP contribution in [0.5, 0.6) is 0 Å². The molecule has 1 amide bonds. The molecule has 0 atom stereocenters. The summed E-state index contributed by atoms with van der Waals surface area (Å²) in [5, 5.41) is 10.5. The van der Waals surface area contributed by atoms with Gasteiger partial charge in [-0.1, -0.05) is 46.3 Å². The van der Waals surface area contributed by atoms with E-state index in [1.165, 1.54) is 0 Å². The second kappa shape index (κ2) is 6.73. The molecule has 3 rings (SSSR count). The first-order chi connectivity index (χ1) is 11.6. The number of halogens is 1. The van der Waals surface area contributed by atoms with Gasteiger partial charge in [0.2, 0.25) is 5.91 Å².